The van der Waals surface area contributed by atoms with E-state index in [1.807, 2.05) is 30.1 Å². The summed E-state index contributed by atoms with van der Waals surface area (Å²) < 4.78 is 5.50. The lowest BCUT2D eigenvalue weighted by Crippen LogP contribution is -2.33. The Kier molecular flexibility index (Phi) is 6.02. The standard InChI is InChI=1S/C16H24N2O2/c1-17-11-15-7-9-18(12-15)16(19)13-20-10-8-14-5-3-2-4-6-14/h2-6,15,17H,7-13H2,1H3. The van der Waals surface area contributed by atoms with Gasteiger partial charge in [0, 0.05) is 13.1 Å². The molecule has 1 unspecified atom stereocenters. The first kappa shape index (κ1) is 15.0. The van der Waals surface area contributed by atoms with Crippen LogP contribution in [0, 0.1) is 5.92 Å². The highest BCUT2D eigenvalue weighted by atomic mass is 16.5. The molecule has 0 aliphatic carbocycles. The second-order valence-corrected chi connectivity index (χ2v) is 5.34. The number of rotatable bonds is 7. The molecule has 1 N–H and O–H groups in total. The van der Waals surface area contributed by atoms with Gasteiger partial charge in [0.05, 0.1) is 6.61 Å². The van der Waals surface area contributed by atoms with Gasteiger partial charge in [0.2, 0.25) is 5.91 Å². The maximum absolute atomic E-state index is 12.0. The number of hydrogen-bond acceptors (Lipinski definition) is 3. The summed E-state index contributed by atoms with van der Waals surface area (Å²) in [6, 6.07) is 10.2. The van der Waals surface area contributed by atoms with Crippen molar-refractivity contribution in [3.05, 3.63) is 35.9 Å². The van der Waals surface area contributed by atoms with Gasteiger partial charge in [0.1, 0.15) is 6.61 Å². The molecular weight excluding hydrogens is 252 g/mol. The number of nitrogens with one attached hydrogen (secondary N) is 1. The quantitative estimate of drug-likeness (QED) is 0.764. The van der Waals surface area contributed by atoms with Gasteiger partial charge in [-0.1, -0.05) is 30.3 Å². The van der Waals surface area contributed by atoms with E-state index in [1.54, 1.807) is 0 Å². The topological polar surface area (TPSA) is 41.6 Å². The van der Waals surface area contributed by atoms with Crippen LogP contribution < -0.4 is 5.32 Å². The summed E-state index contributed by atoms with van der Waals surface area (Å²) in [5.41, 5.74) is 1.25. The van der Waals surface area contributed by atoms with Gasteiger partial charge in [0.25, 0.3) is 0 Å². The molecule has 1 amide bonds. The van der Waals surface area contributed by atoms with E-state index >= 15 is 0 Å². The molecule has 1 aromatic rings. The smallest absolute Gasteiger partial charge is 0.248 e. The molecule has 0 aromatic heterocycles. The van der Waals surface area contributed by atoms with Crippen molar-refractivity contribution in [2.24, 2.45) is 5.92 Å². The highest BCUT2D eigenvalue weighted by Crippen LogP contribution is 2.15. The summed E-state index contributed by atoms with van der Waals surface area (Å²) in [6.45, 7) is 3.52. The summed E-state index contributed by atoms with van der Waals surface area (Å²) in [5, 5.41) is 3.17. The van der Waals surface area contributed by atoms with Gasteiger partial charge >= 0.3 is 0 Å². The zero-order valence-corrected chi connectivity index (χ0v) is 12.2. The van der Waals surface area contributed by atoms with Gasteiger partial charge in [0.15, 0.2) is 0 Å². The van der Waals surface area contributed by atoms with Crippen LogP contribution in [0.3, 0.4) is 0 Å². The summed E-state index contributed by atoms with van der Waals surface area (Å²) in [7, 11) is 1.96. The molecule has 1 saturated heterocycles. The maximum atomic E-state index is 12.0. The van der Waals surface area contributed by atoms with Crippen LogP contribution in [-0.2, 0) is 16.0 Å². The summed E-state index contributed by atoms with van der Waals surface area (Å²) in [6.07, 6.45) is 1.95. The van der Waals surface area contributed by atoms with Crippen molar-refractivity contribution in [1.82, 2.24) is 10.2 Å². The zero-order valence-electron chi connectivity index (χ0n) is 12.2. The Bertz CT molecular complexity index is 408. The normalized spacial score (nSPS) is 18.4. The molecule has 1 heterocycles. The fraction of sp³-hybridized carbons (Fsp3) is 0.562. The Balaban J connectivity index is 1.61. The molecule has 110 valence electrons. The first-order chi connectivity index (χ1) is 9.79. The van der Waals surface area contributed by atoms with E-state index in [0.29, 0.717) is 12.5 Å². The Morgan fingerprint density at radius 1 is 1.40 bits per heavy atom. The van der Waals surface area contributed by atoms with Gasteiger partial charge in [-0.2, -0.15) is 0 Å². The van der Waals surface area contributed by atoms with Crippen LogP contribution >= 0.6 is 0 Å². The van der Waals surface area contributed by atoms with Crippen molar-refractivity contribution in [2.45, 2.75) is 12.8 Å². The lowest BCUT2D eigenvalue weighted by Gasteiger charge is -2.16. The number of benzene rings is 1. The number of ether oxygens (including phenoxy) is 1. The predicted molar refractivity (Wildman–Crippen MR) is 79.6 cm³/mol. The van der Waals surface area contributed by atoms with Crippen LogP contribution in [0.2, 0.25) is 0 Å². The van der Waals surface area contributed by atoms with Crippen molar-refractivity contribution < 1.29 is 9.53 Å². The minimum Gasteiger partial charge on any atom is -0.371 e. The molecule has 1 atom stereocenters. The van der Waals surface area contributed by atoms with Crippen molar-refractivity contribution in [3.8, 4) is 0 Å². The lowest BCUT2D eigenvalue weighted by molar-refractivity contribution is -0.135. The third-order valence-electron chi connectivity index (χ3n) is 3.73. The maximum Gasteiger partial charge on any atom is 0.248 e. The van der Waals surface area contributed by atoms with Crippen molar-refractivity contribution in [1.29, 1.82) is 0 Å². The zero-order chi connectivity index (χ0) is 14.2. The fourth-order valence-electron chi connectivity index (χ4n) is 2.60. The van der Waals surface area contributed by atoms with E-state index in [4.69, 9.17) is 4.74 Å². The minimum absolute atomic E-state index is 0.122. The first-order valence-electron chi connectivity index (χ1n) is 7.33. The third kappa shape index (κ3) is 4.62. The van der Waals surface area contributed by atoms with Crippen molar-refractivity contribution in [2.75, 3.05) is 39.9 Å². The number of carbonyl (C=O) groups is 1. The van der Waals surface area contributed by atoms with E-state index in [9.17, 15) is 4.79 Å². The van der Waals surface area contributed by atoms with E-state index in [0.717, 1.165) is 32.5 Å². The molecule has 2 rings (SSSR count). The second-order valence-electron chi connectivity index (χ2n) is 5.34. The van der Waals surface area contributed by atoms with Crippen molar-refractivity contribution >= 4 is 5.91 Å². The van der Waals surface area contributed by atoms with Crippen LogP contribution in [0.5, 0.6) is 0 Å². The number of likely N-dealkylation sites (tertiary alicyclic amines) is 1. The lowest BCUT2D eigenvalue weighted by atomic mass is 10.1. The SMILES string of the molecule is CNCC1CCN(C(=O)COCCc2ccccc2)C1. The molecule has 1 aliphatic heterocycles. The molecule has 1 aromatic carbocycles. The average molecular weight is 276 g/mol. The number of carbonyl (C=O) groups excluding carboxylic acids is 1. The van der Waals surface area contributed by atoms with Crippen LogP contribution in [0.4, 0.5) is 0 Å². The van der Waals surface area contributed by atoms with Gasteiger partial charge in [-0.25, -0.2) is 0 Å². The monoisotopic (exact) mass is 276 g/mol. The number of amides is 1. The molecule has 0 radical (unpaired) electrons. The molecular formula is C16H24N2O2. The molecule has 4 nitrogen and oxygen atoms in total. The Hall–Kier alpha value is -1.39. The molecule has 1 aliphatic rings. The average Bonchev–Trinajstić information content (AvgIpc) is 2.94. The highest BCUT2D eigenvalue weighted by molar-refractivity contribution is 5.77. The summed E-state index contributed by atoms with van der Waals surface area (Å²) in [4.78, 5) is 13.9. The number of nitrogens with zero attached hydrogens (tertiary/aromatic N) is 1. The van der Waals surface area contributed by atoms with E-state index in [-0.39, 0.29) is 12.5 Å². The molecule has 1 fully saturated rings. The van der Waals surface area contributed by atoms with Crippen LogP contribution in [0.25, 0.3) is 0 Å². The van der Waals surface area contributed by atoms with E-state index in [2.05, 4.69) is 17.4 Å². The molecule has 0 saturated carbocycles. The fourth-order valence-corrected chi connectivity index (χ4v) is 2.60. The summed E-state index contributed by atoms with van der Waals surface area (Å²) >= 11 is 0. The van der Waals surface area contributed by atoms with Crippen molar-refractivity contribution in [3.63, 3.8) is 0 Å². The van der Waals surface area contributed by atoms with E-state index in [1.165, 1.54) is 5.56 Å². The van der Waals surface area contributed by atoms with Gasteiger partial charge in [-0.05, 0) is 37.9 Å². The molecule has 20 heavy (non-hydrogen) atoms. The van der Waals surface area contributed by atoms with Crippen LogP contribution in [0.1, 0.15) is 12.0 Å². The molecule has 0 bridgehead atoms. The largest absolute Gasteiger partial charge is 0.371 e. The van der Waals surface area contributed by atoms with E-state index < -0.39 is 0 Å². The Morgan fingerprint density at radius 3 is 2.95 bits per heavy atom. The van der Waals surface area contributed by atoms with Gasteiger partial charge in [-0.3, -0.25) is 4.79 Å². The minimum atomic E-state index is 0.122. The van der Waals surface area contributed by atoms with Crippen LogP contribution in [0.15, 0.2) is 30.3 Å². The number of hydrogen-bond donors (Lipinski definition) is 1. The molecule has 4 heteroatoms. The Labute approximate surface area is 121 Å². The second kappa shape index (κ2) is 8.02. The summed E-state index contributed by atoms with van der Waals surface area (Å²) in [5.74, 6) is 0.713. The molecule has 0 spiro atoms. The van der Waals surface area contributed by atoms with Gasteiger partial charge < -0.3 is 15.0 Å². The highest BCUT2D eigenvalue weighted by Gasteiger charge is 2.25. The van der Waals surface area contributed by atoms with Crippen LogP contribution in [-0.4, -0.2) is 50.7 Å². The first-order valence-corrected chi connectivity index (χ1v) is 7.33. The predicted octanol–water partition coefficient (Wildman–Crippen LogP) is 1.31. The Morgan fingerprint density at radius 2 is 2.20 bits per heavy atom. The third-order valence-corrected chi connectivity index (χ3v) is 3.73. The van der Waals surface area contributed by atoms with Gasteiger partial charge in [-0.15, -0.1) is 0 Å².